The fourth-order valence-electron chi connectivity index (χ4n) is 2.93. The maximum atomic E-state index is 12.4. The summed E-state index contributed by atoms with van der Waals surface area (Å²) in [5, 5.41) is 10.5. The number of benzene rings is 1. The molecule has 1 saturated carbocycles. The standard InChI is InChI=1S/C15H19F3O2/c1-14(9-5-2-6-10-14)13(19)11-7-3-4-8-12(11)20-15(16,17)18/h3-4,7-8,13,19H,2,5-6,9-10H2,1H3. The van der Waals surface area contributed by atoms with Gasteiger partial charge in [-0.25, -0.2) is 0 Å². The third-order valence-corrected chi connectivity index (χ3v) is 4.10. The van der Waals surface area contributed by atoms with E-state index in [4.69, 9.17) is 0 Å². The smallest absolute Gasteiger partial charge is 0.405 e. The average Bonchev–Trinajstić information content (AvgIpc) is 2.37. The molecule has 0 heterocycles. The third-order valence-electron chi connectivity index (χ3n) is 4.10. The number of hydrogen-bond donors (Lipinski definition) is 1. The fraction of sp³-hybridized carbons (Fsp3) is 0.600. The molecule has 2 nitrogen and oxygen atoms in total. The number of halogens is 3. The van der Waals surface area contributed by atoms with Gasteiger partial charge in [0.25, 0.3) is 0 Å². The molecule has 1 aromatic rings. The summed E-state index contributed by atoms with van der Waals surface area (Å²) < 4.78 is 41.3. The van der Waals surface area contributed by atoms with E-state index >= 15 is 0 Å². The SMILES string of the molecule is CC1(C(O)c2ccccc2OC(F)(F)F)CCCCC1. The van der Waals surface area contributed by atoms with Crippen molar-refractivity contribution in [2.45, 2.75) is 51.5 Å². The molecule has 0 amide bonds. The van der Waals surface area contributed by atoms with Crippen molar-refractivity contribution in [3.8, 4) is 5.75 Å². The summed E-state index contributed by atoms with van der Waals surface area (Å²) in [7, 11) is 0. The molecule has 0 radical (unpaired) electrons. The van der Waals surface area contributed by atoms with Crippen LogP contribution in [0.5, 0.6) is 5.75 Å². The Morgan fingerprint density at radius 3 is 2.35 bits per heavy atom. The highest BCUT2D eigenvalue weighted by Crippen LogP contribution is 2.47. The Labute approximate surface area is 116 Å². The van der Waals surface area contributed by atoms with Crippen LogP contribution in [0.15, 0.2) is 24.3 Å². The molecule has 1 atom stereocenters. The van der Waals surface area contributed by atoms with E-state index in [1.165, 1.54) is 18.2 Å². The van der Waals surface area contributed by atoms with Gasteiger partial charge in [0, 0.05) is 5.56 Å². The van der Waals surface area contributed by atoms with Crippen molar-refractivity contribution in [2.24, 2.45) is 5.41 Å². The molecule has 0 aliphatic heterocycles. The monoisotopic (exact) mass is 288 g/mol. The molecule has 2 rings (SSSR count). The van der Waals surface area contributed by atoms with E-state index in [1.807, 2.05) is 6.92 Å². The minimum Gasteiger partial charge on any atom is -0.405 e. The van der Waals surface area contributed by atoms with Crippen LogP contribution >= 0.6 is 0 Å². The van der Waals surface area contributed by atoms with Crippen molar-refractivity contribution < 1.29 is 23.0 Å². The lowest BCUT2D eigenvalue weighted by Crippen LogP contribution is -2.29. The highest BCUT2D eigenvalue weighted by atomic mass is 19.4. The van der Waals surface area contributed by atoms with Gasteiger partial charge >= 0.3 is 6.36 Å². The summed E-state index contributed by atoms with van der Waals surface area (Å²) in [5.41, 5.74) is -0.169. The quantitative estimate of drug-likeness (QED) is 0.881. The lowest BCUT2D eigenvalue weighted by Gasteiger charge is -2.38. The number of alkyl halides is 3. The van der Waals surface area contributed by atoms with Crippen molar-refractivity contribution in [3.63, 3.8) is 0 Å². The molecule has 1 fully saturated rings. The Morgan fingerprint density at radius 1 is 1.15 bits per heavy atom. The van der Waals surface area contributed by atoms with E-state index < -0.39 is 12.5 Å². The molecule has 112 valence electrons. The topological polar surface area (TPSA) is 29.5 Å². The summed E-state index contributed by atoms with van der Waals surface area (Å²) in [6.07, 6.45) is -0.956. The number of rotatable bonds is 3. The fourth-order valence-corrected chi connectivity index (χ4v) is 2.93. The lowest BCUT2D eigenvalue weighted by atomic mass is 9.70. The number of hydrogen-bond acceptors (Lipinski definition) is 2. The molecule has 1 aliphatic carbocycles. The van der Waals surface area contributed by atoms with E-state index in [-0.39, 0.29) is 16.7 Å². The zero-order valence-electron chi connectivity index (χ0n) is 11.4. The molecule has 1 unspecified atom stereocenters. The number of ether oxygens (including phenoxy) is 1. The van der Waals surface area contributed by atoms with Crippen LogP contribution in [0.3, 0.4) is 0 Å². The van der Waals surface area contributed by atoms with Gasteiger partial charge < -0.3 is 9.84 Å². The van der Waals surface area contributed by atoms with Crippen molar-refractivity contribution in [1.82, 2.24) is 0 Å². The van der Waals surface area contributed by atoms with Gasteiger partial charge in [-0.1, -0.05) is 44.4 Å². The zero-order chi connectivity index (χ0) is 14.8. The van der Waals surface area contributed by atoms with E-state index in [0.717, 1.165) is 32.1 Å². The molecule has 1 N–H and O–H groups in total. The number of aliphatic hydroxyl groups is 1. The van der Waals surface area contributed by atoms with Gasteiger partial charge in [-0.2, -0.15) is 0 Å². The summed E-state index contributed by atoms with van der Waals surface area (Å²) in [6, 6.07) is 5.85. The van der Waals surface area contributed by atoms with E-state index in [1.54, 1.807) is 6.07 Å². The lowest BCUT2D eigenvalue weighted by molar-refractivity contribution is -0.275. The molecule has 1 aromatic carbocycles. The van der Waals surface area contributed by atoms with Crippen molar-refractivity contribution in [3.05, 3.63) is 29.8 Å². The molecule has 5 heteroatoms. The van der Waals surface area contributed by atoms with Gasteiger partial charge in [0.1, 0.15) is 5.75 Å². The maximum Gasteiger partial charge on any atom is 0.573 e. The van der Waals surface area contributed by atoms with Crippen LogP contribution in [-0.2, 0) is 0 Å². The maximum absolute atomic E-state index is 12.4. The first-order valence-corrected chi connectivity index (χ1v) is 6.85. The first-order chi connectivity index (χ1) is 9.32. The Bertz CT molecular complexity index is 451. The first-order valence-electron chi connectivity index (χ1n) is 6.85. The van der Waals surface area contributed by atoms with Gasteiger partial charge in [0.05, 0.1) is 6.10 Å². The van der Waals surface area contributed by atoms with Crippen molar-refractivity contribution in [2.75, 3.05) is 0 Å². The largest absolute Gasteiger partial charge is 0.573 e. The highest BCUT2D eigenvalue weighted by molar-refractivity contribution is 5.36. The van der Waals surface area contributed by atoms with Crippen LogP contribution in [0.2, 0.25) is 0 Å². The normalized spacial score (nSPS) is 20.4. The molecule has 0 saturated heterocycles. The molecular formula is C15H19F3O2. The second kappa shape index (κ2) is 5.64. The summed E-state index contributed by atoms with van der Waals surface area (Å²) in [5.74, 6) is -0.306. The van der Waals surface area contributed by atoms with Crippen LogP contribution in [0, 0.1) is 5.41 Å². The average molecular weight is 288 g/mol. The van der Waals surface area contributed by atoms with Crippen molar-refractivity contribution in [1.29, 1.82) is 0 Å². The Kier molecular flexibility index (Phi) is 4.28. The van der Waals surface area contributed by atoms with Gasteiger partial charge in [0.2, 0.25) is 0 Å². The summed E-state index contributed by atoms with van der Waals surface area (Å²) >= 11 is 0. The van der Waals surface area contributed by atoms with Gasteiger partial charge in [-0.05, 0) is 24.3 Å². The summed E-state index contributed by atoms with van der Waals surface area (Å²) in [4.78, 5) is 0. The molecule has 0 aromatic heterocycles. The van der Waals surface area contributed by atoms with Crippen LogP contribution < -0.4 is 4.74 Å². The second-order valence-corrected chi connectivity index (χ2v) is 5.70. The minimum absolute atomic E-state index is 0.217. The highest BCUT2D eigenvalue weighted by Gasteiger charge is 2.38. The first kappa shape index (κ1) is 15.2. The van der Waals surface area contributed by atoms with Crippen LogP contribution in [0.25, 0.3) is 0 Å². The third kappa shape index (κ3) is 3.45. The van der Waals surface area contributed by atoms with Gasteiger partial charge in [0.15, 0.2) is 0 Å². The van der Waals surface area contributed by atoms with E-state index in [0.29, 0.717) is 0 Å². The van der Waals surface area contributed by atoms with Gasteiger partial charge in [-0.3, -0.25) is 0 Å². The van der Waals surface area contributed by atoms with Gasteiger partial charge in [-0.15, -0.1) is 13.2 Å². The summed E-state index contributed by atoms with van der Waals surface area (Å²) in [6.45, 7) is 1.93. The predicted molar refractivity (Wildman–Crippen MR) is 69.3 cm³/mol. The van der Waals surface area contributed by atoms with E-state index in [2.05, 4.69) is 4.74 Å². The molecule has 20 heavy (non-hydrogen) atoms. The minimum atomic E-state index is -4.75. The molecule has 1 aliphatic rings. The van der Waals surface area contributed by atoms with Crippen LogP contribution in [-0.4, -0.2) is 11.5 Å². The predicted octanol–water partition coefficient (Wildman–Crippen LogP) is 4.59. The van der Waals surface area contributed by atoms with Crippen molar-refractivity contribution >= 4 is 0 Å². The van der Waals surface area contributed by atoms with Crippen LogP contribution in [0.4, 0.5) is 13.2 Å². The zero-order valence-corrected chi connectivity index (χ0v) is 11.4. The van der Waals surface area contributed by atoms with E-state index in [9.17, 15) is 18.3 Å². The molecule has 0 spiro atoms. The second-order valence-electron chi connectivity index (χ2n) is 5.70. The van der Waals surface area contributed by atoms with Crippen LogP contribution in [0.1, 0.15) is 50.7 Å². The Morgan fingerprint density at radius 2 is 1.75 bits per heavy atom. The number of aliphatic hydroxyl groups excluding tert-OH is 1. The number of para-hydroxylation sites is 1. The Balaban J connectivity index is 2.27. The molecule has 0 bridgehead atoms. The molecular weight excluding hydrogens is 269 g/mol. The Hall–Kier alpha value is -1.23.